The van der Waals surface area contributed by atoms with E-state index in [9.17, 15) is 9.90 Å². The first kappa shape index (κ1) is 15.0. The Morgan fingerprint density at radius 1 is 1.50 bits per heavy atom. The largest absolute Gasteiger partial charge is 0.508 e. The summed E-state index contributed by atoms with van der Waals surface area (Å²) < 4.78 is 0.918. The van der Waals surface area contributed by atoms with Crippen molar-refractivity contribution in [3.63, 3.8) is 0 Å². The van der Waals surface area contributed by atoms with Gasteiger partial charge in [-0.15, -0.1) is 0 Å². The molecule has 5 heteroatoms. The van der Waals surface area contributed by atoms with Crippen molar-refractivity contribution in [1.82, 2.24) is 5.32 Å². The van der Waals surface area contributed by atoms with Crippen molar-refractivity contribution in [1.29, 1.82) is 0 Å². The minimum atomic E-state index is -0.782. The van der Waals surface area contributed by atoms with Gasteiger partial charge in [0.05, 0.1) is 0 Å². The lowest BCUT2D eigenvalue weighted by atomic mass is 10.0. The summed E-state index contributed by atoms with van der Waals surface area (Å²) in [5.41, 5.74) is 0.835. The van der Waals surface area contributed by atoms with Gasteiger partial charge < -0.3 is 15.5 Å². The molecule has 1 unspecified atom stereocenters. The molecule has 0 fully saturated rings. The van der Waals surface area contributed by atoms with Crippen LogP contribution in [0.1, 0.15) is 37.8 Å². The van der Waals surface area contributed by atoms with Crippen LogP contribution in [0.5, 0.6) is 5.75 Å². The first-order valence-corrected chi connectivity index (χ1v) is 6.77. The number of rotatable bonds is 7. The molecule has 0 heterocycles. The smallest absolute Gasteiger partial charge is 0.303 e. The van der Waals surface area contributed by atoms with E-state index >= 15 is 0 Å². The number of carboxylic acids is 1. The van der Waals surface area contributed by atoms with Crippen molar-refractivity contribution in [3.05, 3.63) is 28.2 Å². The van der Waals surface area contributed by atoms with E-state index in [1.807, 2.05) is 13.0 Å². The van der Waals surface area contributed by atoms with Crippen molar-refractivity contribution < 1.29 is 15.0 Å². The molecule has 100 valence electrons. The molecule has 0 aromatic heterocycles. The fourth-order valence-electron chi connectivity index (χ4n) is 1.79. The highest BCUT2D eigenvalue weighted by molar-refractivity contribution is 9.10. The molecule has 0 aliphatic carbocycles. The van der Waals surface area contributed by atoms with Gasteiger partial charge in [-0.1, -0.05) is 22.9 Å². The van der Waals surface area contributed by atoms with Crippen LogP contribution in [-0.4, -0.2) is 22.7 Å². The zero-order chi connectivity index (χ0) is 13.5. The van der Waals surface area contributed by atoms with E-state index in [1.165, 1.54) is 0 Å². The Labute approximate surface area is 115 Å². The quantitative estimate of drug-likeness (QED) is 0.676. The van der Waals surface area contributed by atoms with Crippen molar-refractivity contribution >= 4 is 21.9 Å². The van der Waals surface area contributed by atoms with Crippen LogP contribution in [0.4, 0.5) is 0 Å². The number of halogens is 1. The SMILES string of the molecule is CCC(NCCCC(=O)O)c1cc(Br)ccc1O. The van der Waals surface area contributed by atoms with Crippen LogP contribution in [0.25, 0.3) is 0 Å². The average molecular weight is 316 g/mol. The molecule has 0 amide bonds. The van der Waals surface area contributed by atoms with Gasteiger partial charge in [0.2, 0.25) is 0 Å². The van der Waals surface area contributed by atoms with E-state index in [1.54, 1.807) is 12.1 Å². The number of aliphatic carboxylic acids is 1. The van der Waals surface area contributed by atoms with Gasteiger partial charge >= 0.3 is 5.97 Å². The van der Waals surface area contributed by atoms with Crippen LogP contribution in [0.15, 0.2) is 22.7 Å². The number of carboxylic acid groups (broad SMARTS) is 1. The van der Waals surface area contributed by atoms with Gasteiger partial charge in [0.25, 0.3) is 0 Å². The zero-order valence-corrected chi connectivity index (χ0v) is 11.9. The molecule has 0 aliphatic rings. The molecular formula is C13H18BrNO3. The molecule has 0 bridgehead atoms. The van der Waals surface area contributed by atoms with Crippen LogP contribution >= 0.6 is 15.9 Å². The lowest BCUT2D eigenvalue weighted by Gasteiger charge is -2.18. The number of phenolic OH excluding ortho intramolecular Hbond substituents is 1. The van der Waals surface area contributed by atoms with Gasteiger partial charge in [0.1, 0.15) is 5.75 Å². The molecular weight excluding hydrogens is 298 g/mol. The second-order valence-corrected chi connectivity index (χ2v) is 5.03. The molecule has 3 N–H and O–H groups in total. The Balaban J connectivity index is 2.59. The third kappa shape index (κ3) is 4.66. The van der Waals surface area contributed by atoms with Gasteiger partial charge in [0.15, 0.2) is 0 Å². The minimum absolute atomic E-state index is 0.0382. The number of benzene rings is 1. The van der Waals surface area contributed by atoms with Crippen LogP contribution in [0, 0.1) is 0 Å². The highest BCUT2D eigenvalue weighted by atomic mass is 79.9. The Bertz CT molecular complexity index is 409. The lowest BCUT2D eigenvalue weighted by molar-refractivity contribution is -0.137. The Kier molecular flexibility index (Phi) is 6.15. The predicted octanol–water partition coefficient (Wildman–Crippen LogP) is 3.06. The summed E-state index contributed by atoms with van der Waals surface area (Å²) in [6, 6.07) is 5.36. The van der Waals surface area contributed by atoms with Crippen LogP contribution in [0.3, 0.4) is 0 Å². The molecule has 0 saturated carbocycles. The monoisotopic (exact) mass is 315 g/mol. The fourth-order valence-corrected chi connectivity index (χ4v) is 2.17. The van der Waals surface area contributed by atoms with Gasteiger partial charge in [0, 0.05) is 22.5 Å². The summed E-state index contributed by atoms with van der Waals surface area (Å²) in [5, 5.41) is 21.7. The summed E-state index contributed by atoms with van der Waals surface area (Å²) in [6.07, 6.45) is 1.57. The summed E-state index contributed by atoms with van der Waals surface area (Å²) in [6.45, 7) is 2.64. The Morgan fingerprint density at radius 3 is 2.83 bits per heavy atom. The zero-order valence-electron chi connectivity index (χ0n) is 10.3. The van der Waals surface area contributed by atoms with Gasteiger partial charge in [-0.05, 0) is 37.6 Å². The van der Waals surface area contributed by atoms with Gasteiger partial charge in [-0.25, -0.2) is 0 Å². The van der Waals surface area contributed by atoms with Crippen LogP contribution in [-0.2, 0) is 4.79 Å². The first-order chi connectivity index (χ1) is 8.54. The van der Waals surface area contributed by atoms with Crippen molar-refractivity contribution in [2.24, 2.45) is 0 Å². The molecule has 18 heavy (non-hydrogen) atoms. The maximum absolute atomic E-state index is 10.4. The molecule has 0 spiro atoms. The number of phenols is 1. The van der Waals surface area contributed by atoms with Crippen LogP contribution in [0.2, 0.25) is 0 Å². The Hall–Kier alpha value is -1.07. The summed E-state index contributed by atoms with van der Waals surface area (Å²) in [5.74, 6) is -0.522. The van der Waals surface area contributed by atoms with Crippen LogP contribution < -0.4 is 5.32 Å². The van der Waals surface area contributed by atoms with E-state index in [0.29, 0.717) is 13.0 Å². The summed E-state index contributed by atoms with van der Waals surface area (Å²) in [7, 11) is 0. The second-order valence-electron chi connectivity index (χ2n) is 4.12. The molecule has 1 atom stereocenters. The average Bonchev–Trinajstić information content (AvgIpc) is 2.33. The normalized spacial score (nSPS) is 12.3. The Morgan fingerprint density at radius 2 is 2.22 bits per heavy atom. The first-order valence-electron chi connectivity index (χ1n) is 5.98. The molecule has 1 aromatic carbocycles. The lowest BCUT2D eigenvalue weighted by Crippen LogP contribution is -2.22. The second kappa shape index (κ2) is 7.38. The number of carbonyl (C=O) groups is 1. The third-order valence-electron chi connectivity index (χ3n) is 2.73. The molecule has 0 aliphatic heterocycles. The summed E-state index contributed by atoms with van der Waals surface area (Å²) in [4.78, 5) is 10.4. The molecule has 0 radical (unpaired) electrons. The van der Waals surface area contributed by atoms with E-state index < -0.39 is 5.97 Å². The van der Waals surface area contributed by atoms with E-state index in [0.717, 1.165) is 16.5 Å². The molecule has 0 saturated heterocycles. The van der Waals surface area contributed by atoms with Crippen molar-refractivity contribution in [3.8, 4) is 5.75 Å². The van der Waals surface area contributed by atoms with E-state index in [-0.39, 0.29) is 18.2 Å². The van der Waals surface area contributed by atoms with E-state index in [4.69, 9.17) is 5.11 Å². The fraction of sp³-hybridized carbons (Fsp3) is 0.462. The van der Waals surface area contributed by atoms with Gasteiger partial charge in [-0.2, -0.15) is 0 Å². The standard InChI is InChI=1S/C13H18BrNO3/c1-2-11(15-7-3-4-13(17)18)10-8-9(14)5-6-12(10)16/h5-6,8,11,15-16H,2-4,7H2,1H3,(H,17,18). The highest BCUT2D eigenvalue weighted by Crippen LogP contribution is 2.29. The number of nitrogens with one attached hydrogen (secondary N) is 1. The molecule has 1 rings (SSSR count). The maximum atomic E-state index is 10.4. The van der Waals surface area contributed by atoms with E-state index in [2.05, 4.69) is 21.2 Å². The summed E-state index contributed by atoms with van der Waals surface area (Å²) >= 11 is 3.38. The number of hydrogen-bond donors (Lipinski definition) is 3. The highest BCUT2D eigenvalue weighted by Gasteiger charge is 2.13. The molecule has 1 aromatic rings. The number of aromatic hydroxyl groups is 1. The minimum Gasteiger partial charge on any atom is -0.508 e. The van der Waals surface area contributed by atoms with Gasteiger partial charge in [-0.3, -0.25) is 4.79 Å². The maximum Gasteiger partial charge on any atom is 0.303 e. The molecule has 4 nitrogen and oxygen atoms in total. The van der Waals surface area contributed by atoms with Crippen molar-refractivity contribution in [2.75, 3.05) is 6.54 Å². The predicted molar refractivity (Wildman–Crippen MR) is 73.7 cm³/mol. The van der Waals surface area contributed by atoms with Crippen molar-refractivity contribution in [2.45, 2.75) is 32.2 Å². The number of hydrogen-bond acceptors (Lipinski definition) is 3. The topological polar surface area (TPSA) is 69.6 Å². The third-order valence-corrected chi connectivity index (χ3v) is 3.22.